The average Bonchev–Trinajstić information content (AvgIpc) is 2.91. The normalized spacial score (nSPS) is 22.6. The second-order valence-corrected chi connectivity index (χ2v) is 10.5. The van der Waals surface area contributed by atoms with Gasteiger partial charge in [0.2, 0.25) is 5.25 Å². The van der Waals surface area contributed by atoms with Crippen molar-refractivity contribution in [3.05, 3.63) is 65.4 Å². The maximum Gasteiger partial charge on any atom is 0.387 e. The lowest BCUT2D eigenvalue weighted by Crippen LogP contribution is -2.69. The van der Waals surface area contributed by atoms with Crippen molar-refractivity contribution in [2.24, 2.45) is 0 Å². The smallest absolute Gasteiger partial charge is 0.387 e. The third-order valence-corrected chi connectivity index (χ3v) is 7.85. The van der Waals surface area contributed by atoms with Crippen LogP contribution in [0.15, 0.2) is 53.7 Å². The fraction of sp³-hybridized carbons (Fsp3) is 0.292. The molecule has 34 heavy (non-hydrogen) atoms. The third-order valence-electron chi connectivity index (χ3n) is 6.56. The number of alkyl halides is 2. The molecule has 3 aliphatic rings. The van der Waals surface area contributed by atoms with Crippen LogP contribution in [0.3, 0.4) is 0 Å². The van der Waals surface area contributed by atoms with Crippen molar-refractivity contribution in [2.75, 3.05) is 6.54 Å². The van der Waals surface area contributed by atoms with E-state index in [1.807, 2.05) is 18.2 Å². The second-order valence-electron chi connectivity index (χ2n) is 9.25. The number of halogens is 2. The van der Waals surface area contributed by atoms with Gasteiger partial charge in [-0.05, 0) is 37.6 Å². The van der Waals surface area contributed by atoms with E-state index in [9.17, 15) is 19.1 Å². The summed E-state index contributed by atoms with van der Waals surface area (Å²) < 4.78 is 32.2. The van der Waals surface area contributed by atoms with Gasteiger partial charge in [-0.2, -0.15) is 13.3 Å². The maximum absolute atomic E-state index is 13.2. The molecule has 0 aliphatic carbocycles. The minimum absolute atomic E-state index is 0.0363. The van der Waals surface area contributed by atoms with Crippen molar-refractivity contribution in [3.8, 4) is 16.9 Å². The van der Waals surface area contributed by atoms with E-state index in [0.29, 0.717) is 36.1 Å². The number of thioether (sulfide) groups is 1. The summed E-state index contributed by atoms with van der Waals surface area (Å²) in [5, 5.41) is 23.3. The van der Waals surface area contributed by atoms with Crippen molar-refractivity contribution >= 4 is 29.0 Å². The van der Waals surface area contributed by atoms with Crippen LogP contribution in [0.1, 0.15) is 25.2 Å². The van der Waals surface area contributed by atoms with Crippen molar-refractivity contribution in [1.82, 2.24) is 14.5 Å². The SMILES string of the molecule is CC(C)(O)c1ncc(-c2ccc3c(c2)C[N@@+]24C[C@@H](S3)C2=[N+]([O-])c2cccc(OC(F)F)c24)cn1. The predicted molar refractivity (Wildman–Crippen MR) is 124 cm³/mol. The Balaban J connectivity index is 1.42. The Morgan fingerprint density at radius 3 is 2.68 bits per heavy atom. The van der Waals surface area contributed by atoms with E-state index in [-0.39, 0.29) is 15.5 Å². The molecule has 3 aromatic rings. The summed E-state index contributed by atoms with van der Waals surface area (Å²) in [6, 6.07) is 10.8. The summed E-state index contributed by atoms with van der Waals surface area (Å²) in [6.45, 7) is 1.37. The van der Waals surface area contributed by atoms with E-state index in [1.54, 1.807) is 50.1 Å². The molecule has 6 rings (SSSR count). The van der Waals surface area contributed by atoms with E-state index in [1.165, 1.54) is 6.07 Å². The Labute approximate surface area is 198 Å². The van der Waals surface area contributed by atoms with Crippen LogP contribution in [-0.2, 0) is 12.1 Å². The predicted octanol–water partition coefficient (Wildman–Crippen LogP) is 4.52. The number of aromatic nitrogens is 2. The third kappa shape index (κ3) is 3.05. The summed E-state index contributed by atoms with van der Waals surface area (Å²) in [5.74, 6) is 1.03. The van der Waals surface area contributed by atoms with Crippen LogP contribution in [0.25, 0.3) is 11.1 Å². The van der Waals surface area contributed by atoms with Crippen molar-refractivity contribution < 1.29 is 23.4 Å². The number of ether oxygens (including phenoxy) is 1. The fourth-order valence-corrected chi connectivity index (χ4v) is 6.56. The number of rotatable bonds is 4. The quantitative estimate of drug-likeness (QED) is 0.334. The molecule has 3 aliphatic heterocycles. The standard InChI is InChI=1S/C24H21F2N4O3S/c1-24(2,31)22-27-9-15(10-28-22)13-6-7-18-14(8-13)11-30-12-19(34-18)21(30)29(32)16-4-3-5-17(20(16)30)33-23(25)26/h3-10,19,23,31H,11-12H2,1-2H3/q+1/t19-,30+/m1/s1. The number of hydrogen-bond donors (Lipinski definition) is 1. The minimum atomic E-state index is -2.97. The molecule has 4 heterocycles. The maximum atomic E-state index is 13.2. The minimum Gasteiger partial charge on any atom is -0.614 e. The first-order valence-electron chi connectivity index (χ1n) is 10.8. The highest BCUT2D eigenvalue weighted by Gasteiger charge is 2.68. The van der Waals surface area contributed by atoms with Gasteiger partial charge >= 0.3 is 12.4 Å². The molecule has 174 valence electrons. The van der Waals surface area contributed by atoms with Gasteiger partial charge in [-0.25, -0.2) is 9.97 Å². The van der Waals surface area contributed by atoms with Gasteiger partial charge in [-0.3, -0.25) is 0 Å². The number of aliphatic hydroxyl groups is 1. The molecule has 1 N–H and O–H groups in total. The zero-order chi connectivity index (χ0) is 23.8. The molecule has 2 aromatic carbocycles. The zero-order valence-corrected chi connectivity index (χ0v) is 19.2. The number of hydrogen-bond acceptors (Lipinski definition) is 6. The average molecular weight is 484 g/mol. The summed E-state index contributed by atoms with van der Waals surface area (Å²) in [5.41, 5.74) is 2.44. The van der Waals surface area contributed by atoms with Crippen LogP contribution in [0.4, 0.5) is 20.2 Å². The molecule has 1 spiro atoms. The lowest BCUT2D eigenvalue weighted by molar-refractivity contribution is -0.362. The summed E-state index contributed by atoms with van der Waals surface area (Å²) >= 11 is 1.63. The van der Waals surface area contributed by atoms with Crippen molar-refractivity contribution in [3.63, 3.8) is 0 Å². The van der Waals surface area contributed by atoms with Gasteiger partial charge in [-0.15, -0.1) is 4.74 Å². The van der Waals surface area contributed by atoms with Crippen LogP contribution in [0.5, 0.6) is 5.75 Å². The molecule has 7 nitrogen and oxygen atoms in total. The molecule has 0 unspecified atom stereocenters. The molecular formula is C24H21F2N4O3S+. The summed E-state index contributed by atoms with van der Waals surface area (Å²) in [7, 11) is 0. The zero-order valence-electron chi connectivity index (χ0n) is 18.4. The van der Waals surface area contributed by atoms with Gasteiger partial charge in [0.05, 0.1) is 0 Å². The summed E-state index contributed by atoms with van der Waals surface area (Å²) in [6.07, 6.45) is 3.35. The molecule has 1 saturated heterocycles. The first kappa shape index (κ1) is 21.5. The van der Waals surface area contributed by atoms with E-state index in [0.717, 1.165) is 26.3 Å². The Bertz CT molecular complexity index is 1360. The van der Waals surface area contributed by atoms with E-state index in [4.69, 9.17) is 4.74 Å². The van der Waals surface area contributed by atoms with Gasteiger partial charge < -0.3 is 15.1 Å². The molecule has 2 atom stereocenters. The van der Waals surface area contributed by atoms with E-state index in [2.05, 4.69) is 9.97 Å². The number of benzene rings is 2. The molecule has 0 radical (unpaired) electrons. The molecule has 0 saturated carbocycles. The van der Waals surface area contributed by atoms with Gasteiger partial charge in [0.1, 0.15) is 18.7 Å². The summed E-state index contributed by atoms with van der Waals surface area (Å²) in [4.78, 5) is 9.66. The first-order chi connectivity index (χ1) is 16.2. The lowest BCUT2D eigenvalue weighted by atomic mass is 10.00. The van der Waals surface area contributed by atoms with E-state index >= 15 is 0 Å². The number of amidine groups is 1. The Kier molecular flexibility index (Phi) is 4.55. The molecule has 1 aromatic heterocycles. The second kappa shape index (κ2) is 7.21. The highest BCUT2D eigenvalue weighted by molar-refractivity contribution is 8.00. The molecule has 1 fully saturated rings. The molecular weight excluding hydrogens is 462 g/mol. The van der Waals surface area contributed by atoms with Crippen LogP contribution in [0, 0.1) is 5.21 Å². The first-order valence-corrected chi connectivity index (χ1v) is 11.7. The molecule has 0 amide bonds. The van der Waals surface area contributed by atoms with E-state index < -0.39 is 12.2 Å². The Morgan fingerprint density at radius 1 is 1.21 bits per heavy atom. The Morgan fingerprint density at radius 2 is 1.97 bits per heavy atom. The van der Waals surface area contributed by atoms with Crippen molar-refractivity contribution in [1.29, 1.82) is 0 Å². The van der Waals surface area contributed by atoms with Crippen LogP contribution < -0.4 is 9.22 Å². The number of quaternary nitrogens is 1. The van der Waals surface area contributed by atoms with Crippen LogP contribution >= 0.6 is 11.8 Å². The highest BCUT2D eigenvalue weighted by atomic mass is 32.2. The number of para-hydroxylation sites is 1. The molecule has 10 heteroatoms. The topological polar surface area (TPSA) is 81.3 Å². The van der Waals surface area contributed by atoms with Crippen LogP contribution in [0.2, 0.25) is 0 Å². The van der Waals surface area contributed by atoms with Gasteiger partial charge in [0.25, 0.3) is 11.4 Å². The lowest BCUT2D eigenvalue weighted by Gasteiger charge is -2.40. The van der Waals surface area contributed by atoms with Crippen molar-refractivity contribution in [2.45, 2.75) is 42.8 Å². The number of fused-ring (bicyclic) bond motifs is 4. The highest BCUT2D eigenvalue weighted by Crippen LogP contribution is 2.57. The largest absolute Gasteiger partial charge is 0.614 e. The van der Waals surface area contributed by atoms with Gasteiger partial charge in [0.15, 0.2) is 11.6 Å². The van der Waals surface area contributed by atoms with Crippen LogP contribution in [-0.4, -0.2) is 44.1 Å². The van der Waals surface area contributed by atoms with Gasteiger partial charge in [-0.1, -0.05) is 23.9 Å². The Hall–Kier alpha value is -3.08. The number of nitrogens with zero attached hydrogens (tertiary/aromatic N) is 4. The fourth-order valence-electron chi connectivity index (χ4n) is 5.10. The van der Waals surface area contributed by atoms with Gasteiger partial charge in [0, 0.05) is 34.5 Å². The molecule has 2 bridgehead atoms. The monoisotopic (exact) mass is 483 g/mol.